The molecule has 2 heterocycles. The number of urea groups is 1. The van der Waals surface area contributed by atoms with Crippen molar-refractivity contribution >= 4 is 11.9 Å². The topological polar surface area (TPSA) is 99.6 Å². The van der Waals surface area contributed by atoms with Crippen molar-refractivity contribution in [2.45, 2.75) is 0 Å². The predicted octanol–water partition coefficient (Wildman–Crippen LogP) is -2.84. The molecule has 0 fully saturated rings. The monoisotopic (exact) mass is 253 g/mol. The van der Waals surface area contributed by atoms with E-state index in [0.29, 0.717) is 0 Å². The van der Waals surface area contributed by atoms with Gasteiger partial charge in [-0.25, -0.2) is 14.8 Å². The quantitative estimate of drug-likeness (QED) is 0.544. The van der Waals surface area contributed by atoms with E-state index < -0.39 is 0 Å². The summed E-state index contributed by atoms with van der Waals surface area (Å²) in [4.78, 5) is 22.9. The molecule has 1 aromatic heterocycles. The van der Waals surface area contributed by atoms with Crippen molar-refractivity contribution in [2.75, 3.05) is 14.1 Å². The van der Waals surface area contributed by atoms with Crippen molar-refractivity contribution < 1.29 is 9.48 Å². The van der Waals surface area contributed by atoms with E-state index in [2.05, 4.69) is 20.7 Å². The number of carbonyl (C=O) groups excluding carboxylic acids is 1. The number of nitrogens with one attached hydrogen (secondary N) is 1. The minimum atomic E-state index is -0.354. The van der Waals surface area contributed by atoms with E-state index in [1.54, 1.807) is 7.05 Å². The molecule has 10 nitrogen and oxygen atoms in total. The fraction of sp³-hybridized carbons (Fsp3) is 0.500. The third-order valence-corrected chi connectivity index (χ3v) is 2.34. The maximum atomic E-state index is 11.5. The number of amides is 2. The number of aromatic nitrogens is 4. The molecule has 0 spiro atoms. The van der Waals surface area contributed by atoms with E-state index in [0.717, 1.165) is 14.4 Å². The molecule has 0 aromatic carbocycles. The molecule has 2 amide bonds. The number of hydrazine groups is 1. The zero-order valence-electron chi connectivity index (χ0n) is 10.4. The lowest BCUT2D eigenvalue weighted by Gasteiger charge is -2.27. The van der Waals surface area contributed by atoms with Crippen molar-refractivity contribution in [2.24, 2.45) is 19.2 Å². The van der Waals surface area contributed by atoms with Crippen molar-refractivity contribution in [3.63, 3.8) is 0 Å². The van der Waals surface area contributed by atoms with Crippen LogP contribution in [-0.4, -0.2) is 50.9 Å². The minimum Gasteiger partial charge on any atom is -0.273 e. The van der Waals surface area contributed by atoms with Crippen LogP contribution in [0.25, 0.3) is 0 Å². The maximum absolute atomic E-state index is 11.5. The van der Waals surface area contributed by atoms with Gasteiger partial charge < -0.3 is 0 Å². The fourth-order valence-corrected chi connectivity index (χ4v) is 1.43. The molecule has 2 rings (SSSR count). The zero-order valence-corrected chi connectivity index (χ0v) is 10.4. The fourth-order valence-electron chi connectivity index (χ4n) is 1.43. The Bertz CT molecular complexity index is 565. The van der Waals surface area contributed by atoms with Gasteiger partial charge in [0.1, 0.15) is 14.1 Å². The molecule has 1 aliphatic heterocycles. The van der Waals surface area contributed by atoms with Gasteiger partial charge in [-0.05, 0) is 0 Å². The van der Waals surface area contributed by atoms with Gasteiger partial charge in [-0.3, -0.25) is 5.43 Å². The second kappa shape index (κ2) is 4.05. The molecule has 0 saturated heterocycles. The Morgan fingerprint density at radius 1 is 1.22 bits per heavy atom. The lowest BCUT2D eigenvalue weighted by Crippen LogP contribution is -2.58. The molecule has 1 N–H and O–H groups in total. The third kappa shape index (κ3) is 1.87. The van der Waals surface area contributed by atoms with Gasteiger partial charge in [0.15, 0.2) is 0 Å². The lowest BCUT2D eigenvalue weighted by molar-refractivity contribution is -0.750. The standard InChI is InChI=1S/C8H13N8O2/c1-13-7(17)14(2)10-5(9-13)6-11-15(3)8(18)16(4)12-6/h1-4H3,(H,9,10)/q+1. The Balaban J connectivity index is 2.47. The Morgan fingerprint density at radius 2 is 1.89 bits per heavy atom. The summed E-state index contributed by atoms with van der Waals surface area (Å²) < 4.78 is 2.28. The third-order valence-electron chi connectivity index (χ3n) is 2.34. The number of amidine groups is 1. The van der Waals surface area contributed by atoms with Crippen LogP contribution in [0.4, 0.5) is 4.79 Å². The average molecular weight is 253 g/mol. The van der Waals surface area contributed by atoms with Gasteiger partial charge in [0.05, 0.1) is 0 Å². The highest BCUT2D eigenvalue weighted by molar-refractivity contribution is 5.98. The van der Waals surface area contributed by atoms with E-state index in [4.69, 9.17) is 0 Å². The van der Waals surface area contributed by atoms with Crippen LogP contribution >= 0.6 is 0 Å². The summed E-state index contributed by atoms with van der Waals surface area (Å²) in [6.45, 7) is 0. The number of aryl methyl sites for hydroxylation is 2. The van der Waals surface area contributed by atoms with Crippen LogP contribution in [0, 0.1) is 0 Å². The SMILES string of the molecule is CN1N=C(c2nn(C)c(=O)[n+](C)n2)NN(C)C1=O. The summed E-state index contributed by atoms with van der Waals surface area (Å²) in [5.74, 6) is 0.497. The highest BCUT2D eigenvalue weighted by atomic mass is 16.2. The van der Waals surface area contributed by atoms with Crippen LogP contribution < -0.4 is 15.8 Å². The predicted molar refractivity (Wildman–Crippen MR) is 59.0 cm³/mol. The summed E-state index contributed by atoms with van der Waals surface area (Å²) in [6.07, 6.45) is 0. The first-order valence-corrected chi connectivity index (χ1v) is 5.09. The summed E-state index contributed by atoms with van der Waals surface area (Å²) in [5.41, 5.74) is 2.37. The number of nitrogens with zero attached hydrogens (tertiary/aromatic N) is 7. The summed E-state index contributed by atoms with van der Waals surface area (Å²) in [5, 5.41) is 14.3. The molecule has 0 atom stereocenters. The van der Waals surface area contributed by atoms with Crippen LogP contribution in [0.3, 0.4) is 0 Å². The molecule has 18 heavy (non-hydrogen) atoms. The van der Waals surface area contributed by atoms with Crippen molar-refractivity contribution in [3.8, 4) is 0 Å². The number of rotatable bonds is 1. The van der Waals surface area contributed by atoms with Crippen molar-refractivity contribution in [1.29, 1.82) is 0 Å². The molecule has 96 valence electrons. The molecule has 1 aliphatic rings. The van der Waals surface area contributed by atoms with Crippen LogP contribution in [0.15, 0.2) is 9.90 Å². The molecule has 10 heteroatoms. The molecule has 0 radical (unpaired) electrons. The Labute approximate surface area is 102 Å². The Hall–Kier alpha value is -2.52. The number of carbonyl (C=O) groups is 1. The Morgan fingerprint density at radius 3 is 2.44 bits per heavy atom. The van der Waals surface area contributed by atoms with Crippen LogP contribution in [-0.2, 0) is 14.1 Å². The van der Waals surface area contributed by atoms with E-state index in [-0.39, 0.29) is 23.4 Å². The summed E-state index contributed by atoms with van der Waals surface area (Å²) in [7, 11) is 6.09. The van der Waals surface area contributed by atoms with Crippen molar-refractivity contribution in [3.05, 3.63) is 16.3 Å². The summed E-state index contributed by atoms with van der Waals surface area (Å²) in [6, 6.07) is -0.312. The molecule has 0 bridgehead atoms. The van der Waals surface area contributed by atoms with Crippen LogP contribution in [0.2, 0.25) is 0 Å². The van der Waals surface area contributed by atoms with Gasteiger partial charge in [0.25, 0.3) is 5.82 Å². The van der Waals surface area contributed by atoms with E-state index in [1.165, 1.54) is 26.2 Å². The highest BCUT2D eigenvalue weighted by Crippen LogP contribution is 2.01. The Kier molecular flexibility index (Phi) is 2.69. The van der Waals surface area contributed by atoms with E-state index in [1.807, 2.05) is 0 Å². The highest BCUT2D eigenvalue weighted by Gasteiger charge is 2.26. The van der Waals surface area contributed by atoms with Gasteiger partial charge in [0, 0.05) is 14.1 Å². The van der Waals surface area contributed by atoms with Gasteiger partial charge in [0.2, 0.25) is 5.84 Å². The first kappa shape index (κ1) is 12.0. The molecule has 1 aromatic rings. The van der Waals surface area contributed by atoms with Gasteiger partial charge in [-0.1, -0.05) is 19.6 Å². The van der Waals surface area contributed by atoms with Gasteiger partial charge >= 0.3 is 11.7 Å². The largest absolute Gasteiger partial charge is 0.539 e. The zero-order chi connectivity index (χ0) is 13.4. The van der Waals surface area contributed by atoms with Crippen molar-refractivity contribution in [1.82, 2.24) is 30.3 Å². The molecular weight excluding hydrogens is 240 g/mol. The first-order valence-electron chi connectivity index (χ1n) is 5.09. The van der Waals surface area contributed by atoms with E-state index >= 15 is 0 Å². The normalized spacial score (nSPS) is 15.6. The smallest absolute Gasteiger partial charge is 0.273 e. The first-order chi connectivity index (χ1) is 8.40. The van der Waals surface area contributed by atoms with Crippen LogP contribution in [0.5, 0.6) is 0 Å². The lowest BCUT2D eigenvalue weighted by atomic mass is 10.5. The minimum absolute atomic E-state index is 0.214. The molecule has 0 saturated carbocycles. The van der Waals surface area contributed by atoms with E-state index in [9.17, 15) is 9.59 Å². The molecule has 0 aliphatic carbocycles. The number of hydrogen-bond acceptors (Lipinski definition) is 6. The molecular formula is C8H13N8O2+. The van der Waals surface area contributed by atoms with Gasteiger partial charge in [-0.2, -0.15) is 4.79 Å². The second-order valence-corrected chi connectivity index (χ2v) is 3.78. The molecule has 0 unspecified atom stereocenters. The van der Waals surface area contributed by atoms with Crippen LogP contribution in [0.1, 0.15) is 5.82 Å². The second-order valence-electron chi connectivity index (χ2n) is 3.78. The summed E-state index contributed by atoms with van der Waals surface area (Å²) >= 11 is 0. The number of hydrazone groups is 1. The van der Waals surface area contributed by atoms with Gasteiger partial charge in [-0.15, -0.1) is 5.10 Å². The maximum Gasteiger partial charge on any atom is 0.539 e. The number of hydrogen-bond donors (Lipinski definition) is 1. The average Bonchev–Trinajstić information content (AvgIpc) is 2.31.